The van der Waals surface area contributed by atoms with E-state index in [1.54, 1.807) is 6.08 Å². The molecule has 0 spiro atoms. The number of H-pyrrole nitrogens is 2. The number of allylic oxidation sites excluding steroid dienone is 1. The number of aromatic nitrogens is 2. The molecule has 2 rings (SSSR count). The van der Waals surface area contributed by atoms with Crippen molar-refractivity contribution in [3.8, 4) is 0 Å². The van der Waals surface area contributed by atoms with Crippen molar-refractivity contribution < 1.29 is 0 Å². The molecule has 0 bridgehead atoms. The fourth-order valence-corrected chi connectivity index (χ4v) is 1.86. The first-order chi connectivity index (χ1) is 8.70. The van der Waals surface area contributed by atoms with Crippen molar-refractivity contribution in [2.45, 2.75) is 12.3 Å². The zero-order valence-electron chi connectivity index (χ0n) is 9.85. The molecule has 0 aliphatic rings. The SMILES string of the molecule is C=CC(Cc1c[nH]c(=O)[nH]c1=O)c1ccccc1. The molecule has 0 aliphatic heterocycles. The van der Waals surface area contributed by atoms with Gasteiger partial charge < -0.3 is 4.98 Å². The summed E-state index contributed by atoms with van der Waals surface area (Å²) >= 11 is 0. The van der Waals surface area contributed by atoms with Crippen LogP contribution in [0.2, 0.25) is 0 Å². The van der Waals surface area contributed by atoms with Crippen LogP contribution in [0.1, 0.15) is 17.0 Å². The molecule has 4 heteroatoms. The number of hydrogen-bond donors (Lipinski definition) is 2. The van der Waals surface area contributed by atoms with Crippen molar-refractivity contribution in [1.29, 1.82) is 0 Å². The molecule has 0 amide bonds. The Bertz CT molecular complexity index is 641. The van der Waals surface area contributed by atoms with Gasteiger partial charge in [-0.2, -0.15) is 0 Å². The highest BCUT2D eigenvalue weighted by atomic mass is 16.2. The standard InChI is InChI=1S/C14H14N2O2/c1-2-10(11-6-4-3-5-7-11)8-12-9-15-14(18)16-13(12)17/h2-7,9-10H,1,8H2,(H2,15,16,17,18). The van der Waals surface area contributed by atoms with Crippen molar-refractivity contribution >= 4 is 0 Å². The van der Waals surface area contributed by atoms with E-state index in [1.165, 1.54) is 6.20 Å². The summed E-state index contributed by atoms with van der Waals surface area (Å²) in [6.45, 7) is 3.80. The lowest BCUT2D eigenvalue weighted by Crippen LogP contribution is -2.25. The summed E-state index contributed by atoms with van der Waals surface area (Å²) in [6, 6.07) is 9.82. The second kappa shape index (κ2) is 5.31. The second-order valence-electron chi connectivity index (χ2n) is 4.05. The molecule has 1 aromatic heterocycles. The normalized spacial score (nSPS) is 12.0. The van der Waals surface area contributed by atoms with E-state index in [1.807, 2.05) is 30.3 Å². The van der Waals surface area contributed by atoms with Gasteiger partial charge in [0.1, 0.15) is 0 Å². The molecule has 0 saturated carbocycles. The van der Waals surface area contributed by atoms with Crippen LogP contribution in [0.25, 0.3) is 0 Å². The lowest BCUT2D eigenvalue weighted by atomic mass is 9.93. The zero-order valence-corrected chi connectivity index (χ0v) is 9.85. The van der Waals surface area contributed by atoms with E-state index >= 15 is 0 Å². The Hall–Kier alpha value is -2.36. The highest BCUT2D eigenvalue weighted by molar-refractivity contribution is 5.25. The average Bonchev–Trinajstić information content (AvgIpc) is 2.39. The molecule has 1 unspecified atom stereocenters. The van der Waals surface area contributed by atoms with E-state index in [0.29, 0.717) is 12.0 Å². The predicted octanol–water partition coefficient (Wildman–Crippen LogP) is 1.58. The lowest BCUT2D eigenvalue weighted by Gasteiger charge is -2.11. The summed E-state index contributed by atoms with van der Waals surface area (Å²) in [7, 11) is 0. The molecular formula is C14H14N2O2. The van der Waals surface area contributed by atoms with Crippen molar-refractivity contribution in [3.63, 3.8) is 0 Å². The van der Waals surface area contributed by atoms with Gasteiger partial charge in [-0.15, -0.1) is 6.58 Å². The minimum atomic E-state index is -0.487. The first kappa shape index (κ1) is 12.1. The van der Waals surface area contributed by atoms with Gasteiger partial charge in [0, 0.05) is 17.7 Å². The molecule has 0 aliphatic carbocycles. The average molecular weight is 242 g/mol. The van der Waals surface area contributed by atoms with E-state index in [4.69, 9.17) is 0 Å². The molecule has 1 heterocycles. The third-order valence-corrected chi connectivity index (χ3v) is 2.85. The maximum Gasteiger partial charge on any atom is 0.325 e. The largest absolute Gasteiger partial charge is 0.325 e. The Morgan fingerprint density at radius 3 is 2.56 bits per heavy atom. The molecule has 2 aromatic rings. The van der Waals surface area contributed by atoms with E-state index in [-0.39, 0.29) is 11.5 Å². The Morgan fingerprint density at radius 1 is 1.22 bits per heavy atom. The molecule has 2 N–H and O–H groups in total. The highest BCUT2D eigenvalue weighted by Gasteiger charge is 2.10. The van der Waals surface area contributed by atoms with Gasteiger partial charge in [-0.3, -0.25) is 9.78 Å². The quantitative estimate of drug-likeness (QED) is 0.799. The predicted molar refractivity (Wildman–Crippen MR) is 70.8 cm³/mol. The fourth-order valence-electron chi connectivity index (χ4n) is 1.86. The Labute approximate surface area is 104 Å². The van der Waals surface area contributed by atoms with Crippen LogP contribution in [0.5, 0.6) is 0 Å². The maximum absolute atomic E-state index is 11.6. The Balaban J connectivity index is 2.29. The van der Waals surface area contributed by atoms with Crippen LogP contribution in [0, 0.1) is 0 Å². The Kier molecular flexibility index (Phi) is 3.57. The van der Waals surface area contributed by atoms with Crippen molar-refractivity contribution in [3.05, 3.63) is 81.1 Å². The monoisotopic (exact) mass is 242 g/mol. The number of nitrogens with one attached hydrogen (secondary N) is 2. The van der Waals surface area contributed by atoms with Gasteiger partial charge in [-0.05, 0) is 12.0 Å². The first-order valence-corrected chi connectivity index (χ1v) is 5.69. The molecule has 4 nitrogen and oxygen atoms in total. The summed E-state index contributed by atoms with van der Waals surface area (Å²) < 4.78 is 0. The van der Waals surface area contributed by atoms with Crippen LogP contribution in [0.4, 0.5) is 0 Å². The molecular weight excluding hydrogens is 228 g/mol. The topological polar surface area (TPSA) is 65.7 Å². The number of rotatable bonds is 4. The number of aromatic amines is 2. The third kappa shape index (κ3) is 2.66. The molecule has 92 valence electrons. The molecule has 0 saturated heterocycles. The maximum atomic E-state index is 11.6. The smallest absolute Gasteiger partial charge is 0.314 e. The zero-order chi connectivity index (χ0) is 13.0. The number of hydrogen-bond acceptors (Lipinski definition) is 2. The molecule has 0 radical (unpaired) electrons. The Morgan fingerprint density at radius 2 is 1.94 bits per heavy atom. The lowest BCUT2D eigenvalue weighted by molar-refractivity contribution is 0.810. The van der Waals surface area contributed by atoms with Crippen molar-refractivity contribution in [2.24, 2.45) is 0 Å². The molecule has 0 fully saturated rings. The van der Waals surface area contributed by atoms with Gasteiger partial charge in [0.2, 0.25) is 0 Å². The van der Waals surface area contributed by atoms with E-state index in [9.17, 15) is 9.59 Å². The van der Waals surface area contributed by atoms with Crippen LogP contribution in [-0.2, 0) is 6.42 Å². The van der Waals surface area contributed by atoms with E-state index < -0.39 is 5.69 Å². The van der Waals surface area contributed by atoms with Crippen LogP contribution < -0.4 is 11.2 Å². The van der Waals surface area contributed by atoms with Gasteiger partial charge in [0.05, 0.1) is 0 Å². The van der Waals surface area contributed by atoms with Crippen LogP contribution in [0.3, 0.4) is 0 Å². The molecule has 18 heavy (non-hydrogen) atoms. The minimum Gasteiger partial charge on any atom is -0.314 e. The summed E-state index contributed by atoms with van der Waals surface area (Å²) in [5.41, 5.74) is 0.807. The van der Waals surface area contributed by atoms with Crippen LogP contribution in [0.15, 0.2) is 58.8 Å². The summed E-state index contributed by atoms with van der Waals surface area (Å²) in [5, 5.41) is 0. The van der Waals surface area contributed by atoms with Crippen LogP contribution in [-0.4, -0.2) is 9.97 Å². The first-order valence-electron chi connectivity index (χ1n) is 5.69. The third-order valence-electron chi connectivity index (χ3n) is 2.85. The molecule has 1 atom stereocenters. The van der Waals surface area contributed by atoms with Gasteiger partial charge in [0.15, 0.2) is 0 Å². The van der Waals surface area contributed by atoms with E-state index in [0.717, 1.165) is 5.56 Å². The van der Waals surface area contributed by atoms with Gasteiger partial charge in [0.25, 0.3) is 5.56 Å². The summed E-state index contributed by atoms with van der Waals surface area (Å²) in [6.07, 6.45) is 3.78. The number of benzene rings is 1. The second-order valence-corrected chi connectivity index (χ2v) is 4.05. The minimum absolute atomic E-state index is 0.0539. The summed E-state index contributed by atoms with van der Waals surface area (Å²) in [5.74, 6) is 0.0539. The van der Waals surface area contributed by atoms with Crippen molar-refractivity contribution in [1.82, 2.24) is 9.97 Å². The fraction of sp³-hybridized carbons (Fsp3) is 0.143. The molecule has 1 aromatic carbocycles. The van der Waals surface area contributed by atoms with Crippen LogP contribution >= 0.6 is 0 Å². The van der Waals surface area contributed by atoms with Gasteiger partial charge in [-0.1, -0.05) is 36.4 Å². The van der Waals surface area contributed by atoms with E-state index in [2.05, 4.69) is 16.5 Å². The van der Waals surface area contributed by atoms with Gasteiger partial charge >= 0.3 is 5.69 Å². The van der Waals surface area contributed by atoms with Crippen molar-refractivity contribution in [2.75, 3.05) is 0 Å². The highest BCUT2D eigenvalue weighted by Crippen LogP contribution is 2.19. The van der Waals surface area contributed by atoms with Gasteiger partial charge in [-0.25, -0.2) is 4.79 Å². The summed E-state index contributed by atoms with van der Waals surface area (Å²) in [4.78, 5) is 27.2.